The molecule has 1 rings (SSSR count). The topological polar surface area (TPSA) is 65.9 Å². The second-order valence-electron chi connectivity index (χ2n) is 5.57. The van der Waals surface area contributed by atoms with E-state index in [4.69, 9.17) is 5.11 Å². The highest BCUT2D eigenvalue weighted by Crippen LogP contribution is 2.20. The van der Waals surface area contributed by atoms with E-state index in [2.05, 4.69) is 12.2 Å². The van der Waals surface area contributed by atoms with E-state index in [0.717, 1.165) is 23.2 Å². The zero-order chi connectivity index (χ0) is 14.5. The minimum atomic E-state index is -0.323. The van der Waals surface area contributed by atoms with Gasteiger partial charge in [0.1, 0.15) is 5.54 Å². The molecule has 0 saturated heterocycles. The lowest BCUT2D eigenvalue weighted by Gasteiger charge is -2.20. The molecule has 0 heterocycles. The SMILES string of the molecule is CCc1cccc(C)c1NC(=O)C[NH2+]C(C)(C)CO. The van der Waals surface area contributed by atoms with Gasteiger partial charge in [0.25, 0.3) is 5.91 Å². The van der Waals surface area contributed by atoms with Gasteiger partial charge < -0.3 is 15.7 Å². The first-order valence-corrected chi connectivity index (χ1v) is 6.73. The number of amides is 1. The van der Waals surface area contributed by atoms with Crippen LogP contribution in [0.15, 0.2) is 18.2 Å². The Morgan fingerprint density at radius 1 is 1.42 bits per heavy atom. The fourth-order valence-electron chi connectivity index (χ4n) is 1.83. The quantitative estimate of drug-likeness (QED) is 0.713. The van der Waals surface area contributed by atoms with Crippen molar-refractivity contribution in [2.24, 2.45) is 0 Å². The highest BCUT2D eigenvalue weighted by Gasteiger charge is 2.21. The molecule has 0 aromatic heterocycles. The van der Waals surface area contributed by atoms with Crippen molar-refractivity contribution >= 4 is 11.6 Å². The molecular weight excluding hydrogens is 240 g/mol. The molecule has 0 atom stereocenters. The highest BCUT2D eigenvalue weighted by atomic mass is 16.3. The third-order valence-electron chi connectivity index (χ3n) is 3.25. The monoisotopic (exact) mass is 265 g/mol. The number of para-hydroxylation sites is 1. The normalized spacial score (nSPS) is 11.4. The number of aliphatic hydroxyl groups excluding tert-OH is 1. The zero-order valence-corrected chi connectivity index (χ0v) is 12.3. The maximum atomic E-state index is 12.0. The summed E-state index contributed by atoms with van der Waals surface area (Å²) in [4.78, 5) is 12.0. The van der Waals surface area contributed by atoms with Gasteiger partial charge in [-0.25, -0.2) is 0 Å². The predicted octanol–water partition coefficient (Wildman–Crippen LogP) is 0.830. The van der Waals surface area contributed by atoms with E-state index in [1.165, 1.54) is 0 Å². The lowest BCUT2D eigenvalue weighted by atomic mass is 10.1. The standard InChI is InChI=1S/C15H24N2O2/c1-5-12-8-6-7-11(2)14(12)17-13(19)9-16-15(3,4)10-18/h6-8,16,18H,5,9-10H2,1-4H3,(H,17,19)/p+1. The summed E-state index contributed by atoms with van der Waals surface area (Å²) in [6.07, 6.45) is 0.892. The number of rotatable bonds is 6. The molecule has 4 nitrogen and oxygen atoms in total. The second-order valence-corrected chi connectivity index (χ2v) is 5.57. The van der Waals surface area contributed by atoms with Crippen LogP contribution >= 0.6 is 0 Å². The molecule has 1 aromatic carbocycles. The van der Waals surface area contributed by atoms with E-state index in [0.29, 0.717) is 6.54 Å². The Labute approximate surface area is 115 Å². The largest absolute Gasteiger partial charge is 0.390 e. The van der Waals surface area contributed by atoms with Crippen molar-refractivity contribution in [1.82, 2.24) is 0 Å². The van der Waals surface area contributed by atoms with Crippen LogP contribution in [-0.2, 0) is 11.2 Å². The van der Waals surface area contributed by atoms with E-state index < -0.39 is 0 Å². The van der Waals surface area contributed by atoms with Gasteiger partial charge in [0.15, 0.2) is 6.54 Å². The van der Waals surface area contributed by atoms with E-state index in [1.54, 1.807) is 0 Å². The van der Waals surface area contributed by atoms with Crippen LogP contribution in [0.3, 0.4) is 0 Å². The molecule has 0 radical (unpaired) electrons. The van der Waals surface area contributed by atoms with Gasteiger partial charge in [-0.05, 0) is 38.3 Å². The number of hydrogen-bond acceptors (Lipinski definition) is 2. The van der Waals surface area contributed by atoms with Crippen LogP contribution in [0.25, 0.3) is 0 Å². The number of hydrogen-bond donors (Lipinski definition) is 3. The molecule has 19 heavy (non-hydrogen) atoms. The number of nitrogens with one attached hydrogen (secondary N) is 1. The van der Waals surface area contributed by atoms with Gasteiger partial charge >= 0.3 is 0 Å². The molecule has 0 spiro atoms. The molecular formula is C15H25N2O2+. The maximum absolute atomic E-state index is 12.0. The fraction of sp³-hybridized carbons (Fsp3) is 0.533. The van der Waals surface area contributed by atoms with Gasteiger partial charge in [-0.2, -0.15) is 0 Å². The first-order valence-electron chi connectivity index (χ1n) is 6.73. The minimum absolute atomic E-state index is 0.0366. The number of nitrogens with two attached hydrogens (primary N) is 1. The van der Waals surface area contributed by atoms with Gasteiger partial charge in [0.05, 0.1) is 6.61 Å². The first-order chi connectivity index (χ1) is 8.89. The third kappa shape index (κ3) is 4.65. The Morgan fingerprint density at radius 3 is 2.68 bits per heavy atom. The number of quaternary nitrogens is 1. The van der Waals surface area contributed by atoms with Crippen LogP contribution in [0.4, 0.5) is 5.69 Å². The molecule has 1 aromatic rings. The highest BCUT2D eigenvalue weighted by molar-refractivity contribution is 5.93. The Bertz CT molecular complexity index is 442. The van der Waals surface area contributed by atoms with Crippen LogP contribution < -0.4 is 10.6 Å². The summed E-state index contributed by atoms with van der Waals surface area (Å²) in [5, 5.41) is 14.0. The summed E-state index contributed by atoms with van der Waals surface area (Å²) in [5.41, 5.74) is 2.82. The molecule has 0 aliphatic heterocycles. The average molecular weight is 265 g/mol. The van der Waals surface area contributed by atoms with E-state index in [1.807, 2.05) is 44.3 Å². The predicted molar refractivity (Wildman–Crippen MR) is 77.1 cm³/mol. The van der Waals surface area contributed by atoms with Gasteiger partial charge in [-0.3, -0.25) is 4.79 Å². The number of aryl methyl sites for hydroxylation is 2. The van der Waals surface area contributed by atoms with E-state index in [9.17, 15) is 4.79 Å². The van der Waals surface area contributed by atoms with Gasteiger partial charge in [0.2, 0.25) is 0 Å². The molecule has 0 aliphatic rings. The van der Waals surface area contributed by atoms with Crippen molar-refractivity contribution in [1.29, 1.82) is 0 Å². The third-order valence-corrected chi connectivity index (χ3v) is 3.25. The summed E-state index contributed by atoms with van der Waals surface area (Å²) in [7, 11) is 0. The molecule has 4 heteroatoms. The Hall–Kier alpha value is -1.39. The lowest BCUT2D eigenvalue weighted by molar-refractivity contribution is -0.712. The zero-order valence-electron chi connectivity index (χ0n) is 12.3. The van der Waals surface area contributed by atoms with Crippen LogP contribution in [0, 0.1) is 6.92 Å². The Kier molecular flexibility index (Phi) is 5.51. The number of carbonyl (C=O) groups excluding carboxylic acids is 1. The second kappa shape index (κ2) is 6.68. The van der Waals surface area contributed by atoms with Gasteiger partial charge in [-0.15, -0.1) is 0 Å². The minimum Gasteiger partial charge on any atom is -0.390 e. The summed E-state index contributed by atoms with van der Waals surface area (Å²) >= 11 is 0. The smallest absolute Gasteiger partial charge is 0.279 e. The van der Waals surface area contributed by atoms with Gasteiger partial charge in [0, 0.05) is 5.69 Å². The van der Waals surface area contributed by atoms with E-state index in [-0.39, 0.29) is 18.1 Å². The molecule has 0 unspecified atom stereocenters. The van der Waals surface area contributed by atoms with Crippen molar-refractivity contribution < 1.29 is 15.2 Å². The van der Waals surface area contributed by atoms with Crippen molar-refractivity contribution in [3.05, 3.63) is 29.3 Å². The first kappa shape index (κ1) is 15.7. The average Bonchev–Trinajstić information content (AvgIpc) is 2.39. The van der Waals surface area contributed by atoms with Crippen molar-refractivity contribution in [2.45, 2.75) is 39.7 Å². The Morgan fingerprint density at radius 2 is 2.11 bits per heavy atom. The lowest BCUT2D eigenvalue weighted by Crippen LogP contribution is -2.97. The van der Waals surface area contributed by atoms with Crippen molar-refractivity contribution in [2.75, 3.05) is 18.5 Å². The molecule has 106 valence electrons. The molecule has 1 amide bonds. The molecule has 4 N–H and O–H groups in total. The number of aliphatic hydroxyl groups is 1. The number of benzene rings is 1. The van der Waals surface area contributed by atoms with Crippen molar-refractivity contribution in [3.8, 4) is 0 Å². The van der Waals surface area contributed by atoms with Gasteiger partial charge in [-0.1, -0.05) is 25.1 Å². The maximum Gasteiger partial charge on any atom is 0.279 e. The van der Waals surface area contributed by atoms with Crippen molar-refractivity contribution in [3.63, 3.8) is 0 Å². The van der Waals surface area contributed by atoms with Crippen LogP contribution in [0.2, 0.25) is 0 Å². The summed E-state index contributed by atoms with van der Waals surface area (Å²) in [5.74, 6) is -0.0366. The van der Waals surface area contributed by atoms with Crippen LogP contribution in [-0.4, -0.2) is 29.7 Å². The summed E-state index contributed by atoms with van der Waals surface area (Å²) in [6.45, 7) is 8.24. The molecule has 0 saturated carbocycles. The molecule has 0 aliphatic carbocycles. The fourth-order valence-corrected chi connectivity index (χ4v) is 1.83. The molecule has 0 bridgehead atoms. The summed E-state index contributed by atoms with van der Waals surface area (Å²) in [6, 6.07) is 6.03. The molecule has 0 fully saturated rings. The number of anilines is 1. The summed E-state index contributed by atoms with van der Waals surface area (Å²) < 4.78 is 0. The number of carbonyl (C=O) groups is 1. The Balaban J connectivity index is 2.67. The van der Waals surface area contributed by atoms with Crippen LogP contribution in [0.1, 0.15) is 31.9 Å². The van der Waals surface area contributed by atoms with E-state index >= 15 is 0 Å². The van der Waals surface area contributed by atoms with Crippen LogP contribution in [0.5, 0.6) is 0 Å².